The fourth-order valence-corrected chi connectivity index (χ4v) is 3.10. The molecule has 1 heterocycles. The van der Waals surface area contributed by atoms with Gasteiger partial charge < -0.3 is 9.64 Å². The highest BCUT2D eigenvalue weighted by atomic mass is 16.4. The van der Waals surface area contributed by atoms with Gasteiger partial charge in [0.1, 0.15) is 5.82 Å². The van der Waals surface area contributed by atoms with Crippen molar-refractivity contribution < 1.29 is 4.65 Å². The van der Waals surface area contributed by atoms with Crippen molar-refractivity contribution in [3.05, 3.63) is 89.7 Å². The van der Waals surface area contributed by atoms with Crippen molar-refractivity contribution >= 4 is 28.9 Å². The molecule has 0 spiro atoms. The number of hydrogen-bond donors (Lipinski definition) is 1. The number of hydrogen-bond acceptors (Lipinski definition) is 2. The first kappa shape index (κ1) is 16.6. The molecule has 0 fully saturated rings. The molecular weight excluding hydrogens is 319 g/mol. The Kier molecular flexibility index (Phi) is 4.59. The minimum Gasteiger partial charge on any atom is -0.419 e. The molecular formula is C22H21BN2O. The van der Waals surface area contributed by atoms with Gasteiger partial charge in [-0.1, -0.05) is 71.8 Å². The Morgan fingerprint density at radius 3 is 1.96 bits per heavy atom. The van der Waals surface area contributed by atoms with Crippen LogP contribution in [0.2, 0.25) is 0 Å². The van der Waals surface area contributed by atoms with Crippen molar-refractivity contribution in [1.29, 1.82) is 0 Å². The van der Waals surface area contributed by atoms with E-state index in [2.05, 4.69) is 72.3 Å². The predicted molar refractivity (Wildman–Crippen MR) is 108 cm³/mol. The number of aromatic nitrogens is 2. The Bertz CT molecular complexity index is 928. The lowest BCUT2D eigenvalue weighted by Crippen LogP contribution is -2.44. The van der Waals surface area contributed by atoms with Gasteiger partial charge >= 0.3 is 6.92 Å². The number of para-hydroxylation sites is 2. The summed E-state index contributed by atoms with van der Waals surface area (Å²) in [4.78, 5) is 7.96. The lowest BCUT2D eigenvalue weighted by atomic mass is 9.55. The molecule has 0 radical (unpaired) electrons. The first-order valence-electron chi connectivity index (χ1n) is 8.87. The van der Waals surface area contributed by atoms with Crippen LogP contribution in [0.15, 0.2) is 72.8 Å². The molecule has 0 atom stereocenters. The van der Waals surface area contributed by atoms with Gasteiger partial charge in [0.2, 0.25) is 0 Å². The van der Waals surface area contributed by atoms with Crippen molar-refractivity contribution in [2.75, 3.05) is 0 Å². The fourth-order valence-electron chi connectivity index (χ4n) is 3.10. The van der Waals surface area contributed by atoms with Crippen LogP contribution < -0.4 is 10.9 Å². The van der Waals surface area contributed by atoms with E-state index in [4.69, 9.17) is 4.65 Å². The lowest BCUT2D eigenvalue weighted by molar-refractivity contribution is 0.312. The van der Waals surface area contributed by atoms with Gasteiger partial charge in [0.05, 0.1) is 17.6 Å². The average molecular weight is 340 g/mol. The Labute approximate surface area is 154 Å². The van der Waals surface area contributed by atoms with Crippen LogP contribution in [0.1, 0.15) is 17.0 Å². The molecule has 0 amide bonds. The molecule has 4 rings (SSSR count). The largest absolute Gasteiger partial charge is 0.419 e. The van der Waals surface area contributed by atoms with Gasteiger partial charge in [-0.05, 0) is 36.9 Å². The maximum absolute atomic E-state index is 6.32. The molecule has 0 saturated carbocycles. The van der Waals surface area contributed by atoms with E-state index < -0.39 is 0 Å². The number of imidazole rings is 1. The molecule has 3 aromatic carbocycles. The van der Waals surface area contributed by atoms with E-state index in [1.165, 1.54) is 11.1 Å². The van der Waals surface area contributed by atoms with Crippen molar-refractivity contribution in [2.24, 2.45) is 0 Å². The standard InChI is InChI=1S/C22H21BN2O/c1-16-7-11-18(12-8-16)23(19-13-9-17(2)10-14-19)26-15-22-24-20-5-3-4-6-21(20)25-22/h3-14H,15H2,1-2H3,(H,24,25). The topological polar surface area (TPSA) is 37.9 Å². The minimum atomic E-state index is -0.121. The van der Waals surface area contributed by atoms with Gasteiger partial charge in [-0.15, -0.1) is 0 Å². The molecule has 1 N–H and O–H groups in total. The maximum atomic E-state index is 6.32. The Hall–Kier alpha value is -2.85. The molecule has 0 aliphatic rings. The van der Waals surface area contributed by atoms with E-state index >= 15 is 0 Å². The number of rotatable bonds is 5. The molecule has 0 bridgehead atoms. The van der Waals surface area contributed by atoms with E-state index in [0.717, 1.165) is 27.8 Å². The highest BCUT2D eigenvalue weighted by molar-refractivity contribution is 6.80. The number of nitrogens with one attached hydrogen (secondary N) is 1. The van der Waals surface area contributed by atoms with E-state index in [-0.39, 0.29) is 6.92 Å². The van der Waals surface area contributed by atoms with Crippen LogP contribution in [0.5, 0.6) is 0 Å². The van der Waals surface area contributed by atoms with Crippen LogP contribution >= 0.6 is 0 Å². The van der Waals surface area contributed by atoms with Gasteiger partial charge in [-0.3, -0.25) is 0 Å². The zero-order valence-corrected chi connectivity index (χ0v) is 15.1. The van der Waals surface area contributed by atoms with E-state index in [0.29, 0.717) is 6.61 Å². The molecule has 0 aliphatic heterocycles. The van der Waals surface area contributed by atoms with Gasteiger partial charge in [-0.2, -0.15) is 0 Å². The van der Waals surface area contributed by atoms with Crippen LogP contribution in [0.3, 0.4) is 0 Å². The average Bonchev–Trinajstić information content (AvgIpc) is 3.07. The summed E-state index contributed by atoms with van der Waals surface area (Å²) >= 11 is 0. The van der Waals surface area contributed by atoms with E-state index in [9.17, 15) is 0 Å². The van der Waals surface area contributed by atoms with Crippen LogP contribution in [-0.2, 0) is 11.3 Å². The van der Waals surface area contributed by atoms with Gasteiger partial charge in [0, 0.05) is 0 Å². The third kappa shape index (κ3) is 3.56. The van der Waals surface area contributed by atoms with Crippen molar-refractivity contribution in [3.8, 4) is 0 Å². The predicted octanol–water partition coefficient (Wildman–Crippen LogP) is 3.50. The molecule has 128 valence electrons. The van der Waals surface area contributed by atoms with Crippen LogP contribution in [0.25, 0.3) is 11.0 Å². The zero-order chi connectivity index (χ0) is 17.9. The molecule has 0 unspecified atom stereocenters. The Morgan fingerprint density at radius 1 is 0.808 bits per heavy atom. The lowest BCUT2D eigenvalue weighted by Gasteiger charge is -2.15. The summed E-state index contributed by atoms with van der Waals surface area (Å²) in [5.74, 6) is 0.843. The maximum Gasteiger partial charge on any atom is 0.361 e. The third-order valence-electron chi connectivity index (χ3n) is 4.59. The molecule has 4 heteroatoms. The molecule has 1 aromatic heterocycles. The summed E-state index contributed by atoms with van der Waals surface area (Å²) in [7, 11) is 0. The Balaban J connectivity index is 1.61. The van der Waals surface area contributed by atoms with Crippen LogP contribution in [-0.4, -0.2) is 16.9 Å². The first-order chi connectivity index (χ1) is 12.7. The van der Waals surface area contributed by atoms with Crippen molar-refractivity contribution in [2.45, 2.75) is 20.5 Å². The second kappa shape index (κ2) is 7.18. The summed E-state index contributed by atoms with van der Waals surface area (Å²) in [5, 5.41) is 0. The molecule has 0 saturated heterocycles. The third-order valence-corrected chi connectivity index (χ3v) is 4.59. The summed E-state index contributed by atoms with van der Waals surface area (Å²) in [6, 6.07) is 25.1. The van der Waals surface area contributed by atoms with Gasteiger partial charge in [0.25, 0.3) is 0 Å². The molecule has 3 nitrogen and oxygen atoms in total. The van der Waals surface area contributed by atoms with Crippen molar-refractivity contribution in [3.63, 3.8) is 0 Å². The molecule has 26 heavy (non-hydrogen) atoms. The van der Waals surface area contributed by atoms with Crippen LogP contribution in [0.4, 0.5) is 0 Å². The number of nitrogens with zero attached hydrogens (tertiary/aromatic N) is 1. The molecule has 4 aromatic rings. The highest BCUT2D eigenvalue weighted by Crippen LogP contribution is 2.11. The number of aryl methyl sites for hydroxylation is 2. The second-order valence-electron chi connectivity index (χ2n) is 6.71. The van der Waals surface area contributed by atoms with E-state index in [1.54, 1.807) is 0 Å². The fraction of sp³-hybridized carbons (Fsp3) is 0.136. The zero-order valence-electron chi connectivity index (χ0n) is 15.1. The van der Waals surface area contributed by atoms with E-state index in [1.807, 2.05) is 24.3 Å². The monoisotopic (exact) mass is 340 g/mol. The number of benzene rings is 3. The SMILES string of the molecule is Cc1ccc(B(OCc2nc3ccccc3[nH]2)c2ccc(C)cc2)cc1. The smallest absolute Gasteiger partial charge is 0.361 e. The molecule has 0 aliphatic carbocycles. The van der Waals surface area contributed by atoms with Gasteiger partial charge in [0.15, 0.2) is 0 Å². The Morgan fingerprint density at radius 2 is 1.38 bits per heavy atom. The van der Waals surface area contributed by atoms with Crippen LogP contribution in [0, 0.1) is 13.8 Å². The second-order valence-corrected chi connectivity index (χ2v) is 6.71. The summed E-state index contributed by atoms with van der Waals surface area (Å²) in [5.41, 5.74) is 6.79. The number of aromatic amines is 1. The first-order valence-corrected chi connectivity index (χ1v) is 8.87. The summed E-state index contributed by atoms with van der Waals surface area (Å²) < 4.78 is 6.32. The summed E-state index contributed by atoms with van der Waals surface area (Å²) in [6.07, 6.45) is 0. The normalized spacial score (nSPS) is 11.0. The number of H-pyrrole nitrogens is 1. The summed E-state index contributed by atoms with van der Waals surface area (Å²) in [6.45, 7) is 4.51. The van der Waals surface area contributed by atoms with Crippen molar-refractivity contribution in [1.82, 2.24) is 9.97 Å². The van der Waals surface area contributed by atoms with Gasteiger partial charge in [-0.25, -0.2) is 4.98 Å². The number of fused-ring (bicyclic) bond motifs is 1. The quantitative estimate of drug-likeness (QED) is 0.565. The minimum absolute atomic E-state index is 0.121. The highest BCUT2D eigenvalue weighted by Gasteiger charge is 2.22.